The van der Waals surface area contributed by atoms with E-state index in [0.29, 0.717) is 0 Å². The Hall–Kier alpha value is -0.810. The van der Waals surface area contributed by atoms with Gasteiger partial charge in [0, 0.05) is 31.9 Å². The number of likely N-dealkylation sites (N-methyl/N-ethyl adjacent to an activating group) is 1. The van der Waals surface area contributed by atoms with E-state index in [-0.39, 0.29) is 36.6 Å². The van der Waals surface area contributed by atoms with Crippen molar-refractivity contribution in [1.82, 2.24) is 10.2 Å². The Bertz CT molecular complexity index is 478. The number of fused-ring (bicyclic) bond motifs is 1. The van der Waals surface area contributed by atoms with Crippen molar-refractivity contribution in [2.75, 3.05) is 38.1 Å². The molecular formula is C15H23Cl2N3O. The molecule has 2 aliphatic rings. The number of para-hydroxylation sites is 1. The van der Waals surface area contributed by atoms with Crippen LogP contribution >= 0.6 is 24.8 Å². The van der Waals surface area contributed by atoms with Gasteiger partial charge >= 0.3 is 0 Å². The summed E-state index contributed by atoms with van der Waals surface area (Å²) in [7, 11) is 2.11. The van der Waals surface area contributed by atoms with Crippen LogP contribution in [0.4, 0.5) is 5.69 Å². The molecule has 1 fully saturated rings. The number of rotatable bonds is 1. The third-order valence-corrected chi connectivity index (χ3v) is 4.10. The molecule has 1 atom stereocenters. The van der Waals surface area contributed by atoms with Crippen molar-refractivity contribution in [3.05, 3.63) is 29.8 Å². The molecule has 0 radical (unpaired) electrons. The van der Waals surface area contributed by atoms with Gasteiger partial charge in [-0.05, 0) is 31.6 Å². The van der Waals surface area contributed by atoms with Crippen molar-refractivity contribution in [2.45, 2.75) is 13.0 Å². The van der Waals surface area contributed by atoms with Crippen LogP contribution in [0.1, 0.15) is 12.0 Å². The molecule has 1 aromatic carbocycles. The van der Waals surface area contributed by atoms with Crippen molar-refractivity contribution in [2.24, 2.45) is 5.92 Å². The van der Waals surface area contributed by atoms with Gasteiger partial charge < -0.3 is 15.1 Å². The number of hydrogen-bond acceptors (Lipinski definition) is 3. The predicted molar refractivity (Wildman–Crippen MR) is 90.6 cm³/mol. The first-order valence-electron chi connectivity index (χ1n) is 7.04. The van der Waals surface area contributed by atoms with E-state index in [1.807, 2.05) is 11.0 Å². The first-order chi connectivity index (χ1) is 9.25. The molecule has 3 rings (SSSR count). The number of benzene rings is 1. The average Bonchev–Trinajstić information content (AvgIpc) is 2.89. The quantitative estimate of drug-likeness (QED) is 0.853. The molecule has 1 N–H and O–H groups in total. The van der Waals surface area contributed by atoms with Crippen molar-refractivity contribution in [3.63, 3.8) is 0 Å². The second-order valence-electron chi connectivity index (χ2n) is 5.55. The van der Waals surface area contributed by atoms with E-state index in [0.717, 1.165) is 44.8 Å². The fraction of sp³-hybridized carbons (Fsp3) is 0.533. The van der Waals surface area contributed by atoms with Crippen LogP contribution < -0.4 is 10.2 Å². The molecule has 0 saturated carbocycles. The molecule has 0 aliphatic carbocycles. The van der Waals surface area contributed by atoms with Crippen LogP contribution in [0.3, 0.4) is 0 Å². The van der Waals surface area contributed by atoms with Crippen molar-refractivity contribution >= 4 is 36.4 Å². The van der Waals surface area contributed by atoms with Gasteiger partial charge in [0.15, 0.2) is 0 Å². The summed E-state index contributed by atoms with van der Waals surface area (Å²) in [5.74, 6) is 0.434. The van der Waals surface area contributed by atoms with Crippen molar-refractivity contribution < 1.29 is 4.79 Å². The van der Waals surface area contributed by atoms with Gasteiger partial charge in [-0.25, -0.2) is 0 Å². The zero-order chi connectivity index (χ0) is 13.2. The first-order valence-corrected chi connectivity index (χ1v) is 7.04. The molecule has 6 heteroatoms. The number of hydrogen-bond donors (Lipinski definition) is 1. The molecule has 118 valence electrons. The van der Waals surface area contributed by atoms with Crippen LogP contribution in [0.25, 0.3) is 0 Å². The monoisotopic (exact) mass is 331 g/mol. The number of nitrogens with zero attached hydrogens (tertiary/aromatic N) is 2. The molecule has 2 heterocycles. The van der Waals surface area contributed by atoms with Gasteiger partial charge in [-0.1, -0.05) is 18.2 Å². The Kier molecular flexibility index (Phi) is 6.94. The van der Waals surface area contributed by atoms with Crippen LogP contribution in [0.5, 0.6) is 0 Å². The maximum atomic E-state index is 12.7. The number of carbonyl (C=O) groups excluding carboxylic acids is 1. The van der Waals surface area contributed by atoms with Crippen LogP contribution in [-0.2, 0) is 11.3 Å². The predicted octanol–water partition coefficient (Wildman–Crippen LogP) is 1.92. The Morgan fingerprint density at radius 1 is 1.24 bits per heavy atom. The summed E-state index contributed by atoms with van der Waals surface area (Å²) in [6.07, 6.45) is 0.966. The van der Waals surface area contributed by atoms with E-state index >= 15 is 0 Å². The minimum Gasteiger partial charge on any atom is -0.316 e. The summed E-state index contributed by atoms with van der Waals surface area (Å²) in [6, 6.07) is 8.29. The summed E-state index contributed by atoms with van der Waals surface area (Å²) in [4.78, 5) is 17.0. The van der Waals surface area contributed by atoms with E-state index in [4.69, 9.17) is 0 Å². The molecular weight excluding hydrogens is 309 g/mol. The normalized spacial score (nSPS) is 21.8. The van der Waals surface area contributed by atoms with Gasteiger partial charge in [-0.2, -0.15) is 0 Å². The molecule has 1 aromatic rings. The van der Waals surface area contributed by atoms with Crippen molar-refractivity contribution in [1.29, 1.82) is 0 Å². The number of amides is 1. The van der Waals surface area contributed by atoms with E-state index < -0.39 is 0 Å². The maximum absolute atomic E-state index is 12.7. The Labute approximate surface area is 138 Å². The van der Waals surface area contributed by atoms with Gasteiger partial charge in [0.25, 0.3) is 0 Å². The highest BCUT2D eigenvalue weighted by molar-refractivity contribution is 5.96. The number of halogens is 2. The lowest BCUT2D eigenvalue weighted by Crippen LogP contribution is -2.39. The molecule has 0 bridgehead atoms. The van der Waals surface area contributed by atoms with E-state index in [9.17, 15) is 4.79 Å². The highest BCUT2D eigenvalue weighted by Gasteiger charge is 2.30. The standard InChI is InChI=1S/C15H21N3O.2ClH/c1-17-8-9-18(15(19)12-6-7-16-10-12)14-5-3-2-4-13(14)11-17;;/h2-5,12,16H,6-11H2,1H3;2*1H. The minimum absolute atomic E-state index is 0. The van der Waals surface area contributed by atoms with E-state index in [1.54, 1.807) is 0 Å². The van der Waals surface area contributed by atoms with Gasteiger partial charge in [0.05, 0.1) is 5.92 Å². The summed E-state index contributed by atoms with van der Waals surface area (Å²) in [6.45, 7) is 4.44. The number of carbonyl (C=O) groups is 1. The highest BCUT2D eigenvalue weighted by Crippen LogP contribution is 2.26. The molecule has 0 spiro atoms. The van der Waals surface area contributed by atoms with Crippen LogP contribution in [0, 0.1) is 5.92 Å². The van der Waals surface area contributed by atoms with Gasteiger partial charge in [0.2, 0.25) is 5.91 Å². The molecule has 0 aromatic heterocycles. The third kappa shape index (κ3) is 3.89. The number of nitrogens with one attached hydrogen (secondary N) is 1. The second kappa shape index (κ2) is 7.99. The van der Waals surface area contributed by atoms with Crippen LogP contribution in [-0.4, -0.2) is 44.0 Å². The fourth-order valence-corrected chi connectivity index (χ4v) is 2.98. The third-order valence-electron chi connectivity index (χ3n) is 4.10. The van der Waals surface area contributed by atoms with E-state index in [1.165, 1.54) is 5.56 Å². The maximum Gasteiger partial charge on any atom is 0.231 e. The summed E-state index contributed by atoms with van der Waals surface area (Å²) >= 11 is 0. The Morgan fingerprint density at radius 3 is 2.71 bits per heavy atom. The van der Waals surface area contributed by atoms with Crippen LogP contribution in [0.2, 0.25) is 0 Å². The molecule has 1 amide bonds. The van der Waals surface area contributed by atoms with Gasteiger partial charge in [-0.15, -0.1) is 24.8 Å². The summed E-state index contributed by atoms with van der Waals surface area (Å²) in [5.41, 5.74) is 2.35. The Morgan fingerprint density at radius 2 is 2.00 bits per heavy atom. The largest absolute Gasteiger partial charge is 0.316 e. The fourth-order valence-electron chi connectivity index (χ4n) is 2.98. The Balaban J connectivity index is 0.00000110. The molecule has 4 nitrogen and oxygen atoms in total. The average molecular weight is 332 g/mol. The molecule has 21 heavy (non-hydrogen) atoms. The molecule has 1 saturated heterocycles. The molecule has 2 aliphatic heterocycles. The highest BCUT2D eigenvalue weighted by atomic mass is 35.5. The minimum atomic E-state index is 0. The lowest BCUT2D eigenvalue weighted by molar-refractivity contribution is -0.121. The van der Waals surface area contributed by atoms with Crippen LogP contribution in [0.15, 0.2) is 24.3 Å². The smallest absolute Gasteiger partial charge is 0.231 e. The topological polar surface area (TPSA) is 35.6 Å². The lowest BCUT2D eigenvalue weighted by Gasteiger charge is -2.25. The zero-order valence-electron chi connectivity index (χ0n) is 12.2. The van der Waals surface area contributed by atoms with Crippen molar-refractivity contribution in [3.8, 4) is 0 Å². The number of anilines is 1. The van der Waals surface area contributed by atoms with E-state index in [2.05, 4.69) is 35.5 Å². The van der Waals surface area contributed by atoms with Gasteiger partial charge in [-0.3, -0.25) is 4.79 Å². The second-order valence-corrected chi connectivity index (χ2v) is 5.55. The summed E-state index contributed by atoms with van der Waals surface area (Å²) < 4.78 is 0. The lowest BCUT2D eigenvalue weighted by atomic mass is 10.1. The zero-order valence-corrected chi connectivity index (χ0v) is 13.9. The SMILES string of the molecule is CN1CCN(C(=O)C2CCNC2)c2ccccc2C1.Cl.Cl. The first kappa shape index (κ1) is 18.2. The molecule has 1 unspecified atom stereocenters. The summed E-state index contributed by atoms with van der Waals surface area (Å²) in [5, 5.41) is 3.28. The van der Waals surface area contributed by atoms with Gasteiger partial charge in [0.1, 0.15) is 0 Å².